The lowest BCUT2D eigenvalue weighted by atomic mass is 9.62. The highest BCUT2D eigenvalue weighted by molar-refractivity contribution is 5.32. The average Bonchev–Trinajstić information content (AvgIpc) is 2.36. The van der Waals surface area contributed by atoms with Crippen molar-refractivity contribution in [2.24, 2.45) is 5.41 Å². The van der Waals surface area contributed by atoms with Crippen LogP contribution in [0.5, 0.6) is 5.75 Å². The highest BCUT2D eigenvalue weighted by atomic mass is 16.5. The van der Waals surface area contributed by atoms with Crippen molar-refractivity contribution < 1.29 is 4.74 Å². The lowest BCUT2D eigenvalue weighted by Gasteiger charge is -2.50. The Morgan fingerprint density at radius 2 is 2.11 bits per heavy atom. The van der Waals surface area contributed by atoms with Crippen molar-refractivity contribution in [3.8, 4) is 5.75 Å². The summed E-state index contributed by atoms with van der Waals surface area (Å²) in [6.45, 7) is 1.08. The Morgan fingerprint density at radius 1 is 1.37 bits per heavy atom. The van der Waals surface area contributed by atoms with E-state index in [1.165, 1.54) is 24.8 Å². The maximum atomic E-state index is 5.37. The Bertz CT molecular complexity index is 413. The SMILES string of the molecule is CNCC1(C(c2cccc(OC)c2)N(C)C)CCC1. The summed E-state index contributed by atoms with van der Waals surface area (Å²) in [6, 6.07) is 8.96. The Hall–Kier alpha value is -1.06. The summed E-state index contributed by atoms with van der Waals surface area (Å²) < 4.78 is 5.37. The maximum absolute atomic E-state index is 5.37. The number of hydrogen-bond acceptors (Lipinski definition) is 3. The first kappa shape index (κ1) is 14.4. The monoisotopic (exact) mass is 262 g/mol. The second-order valence-electron chi connectivity index (χ2n) is 5.89. The number of nitrogens with one attached hydrogen (secondary N) is 1. The Morgan fingerprint density at radius 3 is 2.58 bits per heavy atom. The van der Waals surface area contributed by atoms with Crippen LogP contribution >= 0.6 is 0 Å². The second kappa shape index (κ2) is 5.93. The third kappa shape index (κ3) is 2.77. The standard InChI is InChI=1S/C16H26N2O/c1-17-12-16(9-6-10-16)15(18(2)3)13-7-5-8-14(11-13)19-4/h5,7-8,11,15,17H,6,9-10,12H2,1-4H3. The van der Waals surface area contributed by atoms with E-state index in [4.69, 9.17) is 4.74 Å². The molecule has 3 heteroatoms. The highest BCUT2D eigenvalue weighted by Gasteiger charge is 2.45. The minimum atomic E-state index is 0.366. The molecular weight excluding hydrogens is 236 g/mol. The maximum Gasteiger partial charge on any atom is 0.119 e. The van der Waals surface area contributed by atoms with E-state index in [1.807, 2.05) is 6.07 Å². The van der Waals surface area contributed by atoms with Crippen molar-refractivity contribution in [1.82, 2.24) is 10.2 Å². The van der Waals surface area contributed by atoms with Crippen molar-refractivity contribution in [3.05, 3.63) is 29.8 Å². The molecule has 1 aliphatic rings. The van der Waals surface area contributed by atoms with Gasteiger partial charge in [0, 0.05) is 18.0 Å². The van der Waals surface area contributed by atoms with E-state index in [9.17, 15) is 0 Å². The van der Waals surface area contributed by atoms with Crippen molar-refractivity contribution in [3.63, 3.8) is 0 Å². The molecule has 1 atom stereocenters. The average molecular weight is 262 g/mol. The highest BCUT2D eigenvalue weighted by Crippen LogP contribution is 2.52. The molecule has 0 aliphatic heterocycles. The van der Waals surface area contributed by atoms with Gasteiger partial charge in [-0.3, -0.25) is 0 Å². The molecule has 0 heterocycles. The van der Waals surface area contributed by atoms with Gasteiger partial charge in [0.15, 0.2) is 0 Å². The number of methoxy groups -OCH3 is 1. The molecule has 0 saturated heterocycles. The van der Waals surface area contributed by atoms with Gasteiger partial charge in [0.25, 0.3) is 0 Å². The molecule has 0 radical (unpaired) electrons. The molecular formula is C16H26N2O. The fourth-order valence-corrected chi connectivity index (χ4v) is 3.54. The van der Waals surface area contributed by atoms with E-state index in [2.05, 4.69) is 49.6 Å². The molecule has 0 bridgehead atoms. The molecule has 1 N–H and O–H groups in total. The molecule has 1 fully saturated rings. The van der Waals surface area contributed by atoms with Gasteiger partial charge in [-0.2, -0.15) is 0 Å². The van der Waals surface area contributed by atoms with Crippen LogP contribution in [0.1, 0.15) is 30.9 Å². The molecule has 1 aliphatic carbocycles. The van der Waals surface area contributed by atoms with Crippen LogP contribution in [-0.2, 0) is 0 Å². The summed E-state index contributed by atoms with van der Waals surface area (Å²) >= 11 is 0. The second-order valence-corrected chi connectivity index (χ2v) is 5.89. The third-order valence-corrected chi connectivity index (χ3v) is 4.38. The molecule has 0 aromatic heterocycles. The van der Waals surface area contributed by atoms with Crippen LogP contribution in [0.2, 0.25) is 0 Å². The third-order valence-electron chi connectivity index (χ3n) is 4.38. The van der Waals surface area contributed by atoms with Crippen molar-refractivity contribution in [2.45, 2.75) is 25.3 Å². The van der Waals surface area contributed by atoms with E-state index in [-0.39, 0.29) is 0 Å². The summed E-state index contributed by atoms with van der Waals surface area (Å²) in [5.74, 6) is 0.947. The zero-order valence-electron chi connectivity index (χ0n) is 12.6. The predicted molar refractivity (Wildman–Crippen MR) is 79.6 cm³/mol. The Kier molecular flexibility index (Phi) is 4.48. The zero-order chi connectivity index (χ0) is 13.9. The minimum absolute atomic E-state index is 0.366. The first-order chi connectivity index (χ1) is 9.13. The zero-order valence-corrected chi connectivity index (χ0v) is 12.6. The van der Waals surface area contributed by atoms with E-state index in [1.54, 1.807) is 7.11 Å². The van der Waals surface area contributed by atoms with Crippen molar-refractivity contribution in [2.75, 3.05) is 34.8 Å². The van der Waals surface area contributed by atoms with Gasteiger partial charge < -0.3 is 15.0 Å². The number of hydrogen-bond donors (Lipinski definition) is 1. The Labute approximate surface area is 116 Å². The molecule has 1 saturated carbocycles. The fourth-order valence-electron chi connectivity index (χ4n) is 3.54. The van der Waals surface area contributed by atoms with Crippen LogP contribution in [0.4, 0.5) is 0 Å². The number of ether oxygens (including phenoxy) is 1. The number of benzene rings is 1. The van der Waals surface area contributed by atoms with Gasteiger partial charge in [-0.15, -0.1) is 0 Å². The fraction of sp³-hybridized carbons (Fsp3) is 0.625. The lowest BCUT2D eigenvalue weighted by Crippen LogP contribution is -2.48. The quantitative estimate of drug-likeness (QED) is 0.853. The normalized spacial score (nSPS) is 19.0. The summed E-state index contributed by atoms with van der Waals surface area (Å²) in [7, 11) is 8.15. The van der Waals surface area contributed by atoms with Crippen LogP contribution in [0, 0.1) is 5.41 Å². The van der Waals surface area contributed by atoms with Crippen LogP contribution in [-0.4, -0.2) is 39.7 Å². The molecule has 3 nitrogen and oxygen atoms in total. The van der Waals surface area contributed by atoms with Crippen LogP contribution in [0.25, 0.3) is 0 Å². The Balaban J connectivity index is 2.33. The predicted octanol–water partition coefficient (Wildman–Crippen LogP) is 2.69. The van der Waals surface area contributed by atoms with E-state index >= 15 is 0 Å². The van der Waals surface area contributed by atoms with Gasteiger partial charge in [-0.1, -0.05) is 18.6 Å². The molecule has 1 unspecified atom stereocenters. The first-order valence-corrected chi connectivity index (χ1v) is 7.08. The van der Waals surface area contributed by atoms with Gasteiger partial charge in [-0.25, -0.2) is 0 Å². The molecule has 0 spiro atoms. The lowest BCUT2D eigenvalue weighted by molar-refractivity contribution is 0.0215. The van der Waals surface area contributed by atoms with Crippen LogP contribution in [0.15, 0.2) is 24.3 Å². The van der Waals surface area contributed by atoms with Gasteiger partial charge in [0.05, 0.1) is 7.11 Å². The minimum Gasteiger partial charge on any atom is -0.497 e. The van der Waals surface area contributed by atoms with E-state index in [0.29, 0.717) is 11.5 Å². The van der Waals surface area contributed by atoms with E-state index in [0.717, 1.165) is 12.3 Å². The van der Waals surface area contributed by atoms with Crippen LogP contribution < -0.4 is 10.1 Å². The molecule has 106 valence electrons. The van der Waals surface area contributed by atoms with Crippen molar-refractivity contribution in [1.29, 1.82) is 0 Å². The number of rotatable bonds is 6. The van der Waals surface area contributed by atoms with Gasteiger partial charge in [-0.05, 0) is 51.7 Å². The molecule has 1 aromatic rings. The summed E-state index contributed by atoms with van der Waals surface area (Å²) in [5, 5.41) is 3.39. The molecule has 19 heavy (non-hydrogen) atoms. The van der Waals surface area contributed by atoms with Gasteiger partial charge >= 0.3 is 0 Å². The number of nitrogens with zero attached hydrogens (tertiary/aromatic N) is 1. The molecule has 0 amide bonds. The van der Waals surface area contributed by atoms with Gasteiger partial charge in [0.1, 0.15) is 5.75 Å². The summed E-state index contributed by atoms with van der Waals surface area (Å²) in [5.41, 5.74) is 1.73. The summed E-state index contributed by atoms with van der Waals surface area (Å²) in [6.07, 6.45) is 3.94. The molecule has 2 rings (SSSR count). The van der Waals surface area contributed by atoms with Crippen molar-refractivity contribution >= 4 is 0 Å². The first-order valence-electron chi connectivity index (χ1n) is 7.08. The largest absolute Gasteiger partial charge is 0.497 e. The van der Waals surface area contributed by atoms with Crippen LogP contribution in [0.3, 0.4) is 0 Å². The van der Waals surface area contributed by atoms with E-state index < -0.39 is 0 Å². The van der Waals surface area contributed by atoms with Gasteiger partial charge in [0.2, 0.25) is 0 Å². The smallest absolute Gasteiger partial charge is 0.119 e. The molecule has 1 aromatic carbocycles. The topological polar surface area (TPSA) is 24.5 Å². The summed E-state index contributed by atoms with van der Waals surface area (Å²) in [4.78, 5) is 2.35.